The molecule has 1 saturated heterocycles. The van der Waals surface area contributed by atoms with Gasteiger partial charge < -0.3 is 16.2 Å². The van der Waals surface area contributed by atoms with Crippen molar-refractivity contribution in [3.05, 3.63) is 34.7 Å². The number of imide groups is 1. The van der Waals surface area contributed by atoms with Crippen molar-refractivity contribution >= 4 is 40.6 Å². The molecule has 2 amide bonds. The summed E-state index contributed by atoms with van der Waals surface area (Å²) in [6.07, 6.45) is 1.61. The highest BCUT2D eigenvalue weighted by atomic mass is 32.2. The molecule has 1 aliphatic heterocycles. The number of anilines is 1. The Morgan fingerprint density at radius 2 is 2.05 bits per heavy atom. The monoisotopic (exact) mass is 307 g/mol. The molecule has 1 atom stereocenters. The van der Waals surface area contributed by atoms with Crippen molar-refractivity contribution in [3.8, 4) is 0 Å². The number of benzene rings is 1. The zero-order valence-electron chi connectivity index (χ0n) is 10.8. The van der Waals surface area contributed by atoms with Crippen LogP contribution in [0.2, 0.25) is 0 Å². The van der Waals surface area contributed by atoms with Crippen molar-refractivity contribution in [2.45, 2.75) is 6.04 Å². The molecule has 0 unspecified atom stereocenters. The topological polar surface area (TPSA) is 122 Å². The second-order valence-electron chi connectivity index (χ2n) is 4.30. The number of carboxylic acid groups (broad SMARTS) is 1. The predicted octanol–water partition coefficient (Wildman–Crippen LogP) is 0.834. The zero-order valence-corrected chi connectivity index (χ0v) is 11.6. The summed E-state index contributed by atoms with van der Waals surface area (Å²) >= 11 is 0.854. The number of carbonyl (C=O) groups excluding carboxylic acids is 2. The third-order valence-electron chi connectivity index (χ3n) is 2.69. The first-order valence-electron chi connectivity index (χ1n) is 6.03. The maximum absolute atomic E-state index is 11.4. The van der Waals surface area contributed by atoms with Crippen molar-refractivity contribution in [3.63, 3.8) is 0 Å². The highest BCUT2D eigenvalue weighted by molar-refractivity contribution is 8.18. The summed E-state index contributed by atoms with van der Waals surface area (Å²) in [5, 5.41) is 13.4. The van der Waals surface area contributed by atoms with Gasteiger partial charge in [0.1, 0.15) is 6.04 Å². The van der Waals surface area contributed by atoms with Crippen LogP contribution < -0.4 is 16.4 Å². The van der Waals surface area contributed by atoms with E-state index in [0.29, 0.717) is 10.6 Å². The summed E-state index contributed by atoms with van der Waals surface area (Å²) in [5.74, 6) is -1.47. The van der Waals surface area contributed by atoms with E-state index in [-0.39, 0.29) is 11.8 Å². The second-order valence-corrected chi connectivity index (χ2v) is 5.31. The van der Waals surface area contributed by atoms with Crippen LogP contribution in [0.1, 0.15) is 5.56 Å². The van der Waals surface area contributed by atoms with Gasteiger partial charge in [0.25, 0.3) is 11.1 Å². The van der Waals surface area contributed by atoms with Crippen LogP contribution in [0.4, 0.5) is 10.5 Å². The van der Waals surface area contributed by atoms with Crippen molar-refractivity contribution < 1.29 is 19.5 Å². The van der Waals surface area contributed by atoms with Gasteiger partial charge in [-0.3, -0.25) is 19.7 Å². The van der Waals surface area contributed by atoms with Crippen molar-refractivity contribution in [2.75, 3.05) is 11.9 Å². The number of nitrogens with one attached hydrogen (secondary N) is 2. The molecule has 1 heterocycles. The van der Waals surface area contributed by atoms with E-state index < -0.39 is 17.9 Å². The summed E-state index contributed by atoms with van der Waals surface area (Å²) < 4.78 is 0. The number of thioether (sulfide) groups is 1. The third kappa shape index (κ3) is 4.07. The standard InChI is InChI=1S/C13H13N3O4S/c14-9(12(18)19)6-15-8-3-1-7(2-4-8)5-10-11(17)16-13(20)21-10/h1-5,9,15H,6,14H2,(H,18,19)(H,16,17,20)/b10-5-/t9-/m0/s1. The smallest absolute Gasteiger partial charge is 0.322 e. The summed E-state index contributed by atoms with van der Waals surface area (Å²) in [7, 11) is 0. The molecular formula is C13H13N3O4S. The Morgan fingerprint density at radius 3 is 2.57 bits per heavy atom. The number of carbonyl (C=O) groups is 3. The van der Waals surface area contributed by atoms with Gasteiger partial charge in [-0.05, 0) is 35.5 Å². The number of hydrogen-bond donors (Lipinski definition) is 4. The average molecular weight is 307 g/mol. The van der Waals surface area contributed by atoms with Crippen LogP contribution in [0, 0.1) is 0 Å². The first-order chi connectivity index (χ1) is 9.95. The maximum Gasteiger partial charge on any atom is 0.322 e. The van der Waals surface area contributed by atoms with Crippen molar-refractivity contribution in [1.29, 1.82) is 0 Å². The van der Waals surface area contributed by atoms with Gasteiger partial charge >= 0.3 is 5.97 Å². The minimum atomic E-state index is -1.07. The third-order valence-corrected chi connectivity index (χ3v) is 3.50. The Kier molecular flexibility index (Phi) is 4.61. The minimum Gasteiger partial charge on any atom is -0.480 e. The predicted molar refractivity (Wildman–Crippen MR) is 79.6 cm³/mol. The van der Waals surface area contributed by atoms with Crippen LogP contribution >= 0.6 is 11.8 Å². The van der Waals surface area contributed by atoms with Crippen LogP contribution in [-0.4, -0.2) is 34.8 Å². The quantitative estimate of drug-likeness (QED) is 0.594. The molecule has 21 heavy (non-hydrogen) atoms. The van der Waals surface area contributed by atoms with E-state index in [0.717, 1.165) is 17.3 Å². The number of rotatable bonds is 5. The Labute approximate surface area is 124 Å². The first-order valence-corrected chi connectivity index (χ1v) is 6.84. The minimum absolute atomic E-state index is 0.114. The number of hydrogen-bond acceptors (Lipinski definition) is 6. The van der Waals surface area contributed by atoms with Crippen molar-refractivity contribution in [1.82, 2.24) is 5.32 Å². The van der Waals surface area contributed by atoms with Gasteiger partial charge in [-0.15, -0.1) is 0 Å². The van der Waals surface area contributed by atoms with Crippen molar-refractivity contribution in [2.24, 2.45) is 5.73 Å². The fraction of sp³-hybridized carbons (Fsp3) is 0.154. The molecule has 0 spiro atoms. The molecule has 0 bridgehead atoms. The number of nitrogens with two attached hydrogens (primary N) is 1. The molecular weight excluding hydrogens is 294 g/mol. The van der Waals surface area contributed by atoms with E-state index >= 15 is 0 Å². The number of carboxylic acids is 1. The highest BCUT2D eigenvalue weighted by Gasteiger charge is 2.24. The lowest BCUT2D eigenvalue weighted by atomic mass is 10.2. The van der Waals surface area contributed by atoms with Gasteiger partial charge in [0.2, 0.25) is 0 Å². The molecule has 0 aliphatic carbocycles. The van der Waals surface area contributed by atoms with Gasteiger partial charge in [-0.1, -0.05) is 12.1 Å². The molecule has 1 aromatic rings. The molecule has 0 radical (unpaired) electrons. The summed E-state index contributed by atoms with van der Waals surface area (Å²) in [6.45, 7) is 0.114. The fourth-order valence-corrected chi connectivity index (χ4v) is 2.27. The second kappa shape index (κ2) is 6.42. The van der Waals surface area contributed by atoms with E-state index in [1.54, 1.807) is 30.3 Å². The number of amides is 2. The van der Waals surface area contributed by atoms with Gasteiger partial charge in [-0.2, -0.15) is 0 Å². The van der Waals surface area contributed by atoms with Gasteiger partial charge in [0, 0.05) is 12.2 Å². The number of aliphatic carboxylic acids is 1. The average Bonchev–Trinajstić information content (AvgIpc) is 2.75. The summed E-state index contributed by atoms with van der Waals surface area (Å²) in [4.78, 5) is 33.4. The largest absolute Gasteiger partial charge is 0.480 e. The molecule has 110 valence electrons. The lowest BCUT2D eigenvalue weighted by Crippen LogP contribution is -2.36. The Morgan fingerprint density at radius 1 is 1.38 bits per heavy atom. The van der Waals surface area contributed by atoms with E-state index in [1.807, 2.05) is 0 Å². The molecule has 1 aliphatic rings. The molecule has 7 nitrogen and oxygen atoms in total. The molecule has 5 N–H and O–H groups in total. The maximum atomic E-state index is 11.4. The van der Waals surface area contributed by atoms with E-state index in [2.05, 4.69) is 10.6 Å². The van der Waals surface area contributed by atoms with Crippen LogP contribution in [0.3, 0.4) is 0 Å². The zero-order chi connectivity index (χ0) is 15.4. The highest BCUT2D eigenvalue weighted by Crippen LogP contribution is 2.25. The molecule has 0 saturated carbocycles. The van der Waals surface area contributed by atoms with E-state index in [9.17, 15) is 14.4 Å². The molecule has 0 aromatic heterocycles. The lowest BCUT2D eigenvalue weighted by Gasteiger charge is -2.09. The molecule has 1 aromatic carbocycles. The Hall–Kier alpha value is -2.32. The van der Waals surface area contributed by atoms with Crippen LogP contribution in [0.5, 0.6) is 0 Å². The summed E-state index contributed by atoms with van der Waals surface area (Å²) in [6, 6.07) is 5.99. The summed E-state index contributed by atoms with van der Waals surface area (Å²) in [5.41, 5.74) is 6.86. The Bertz CT molecular complexity index is 612. The van der Waals surface area contributed by atoms with Gasteiger partial charge in [-0.25, -0.2) is 0 Å². The SMILES string of the molecule is N[C@@H](CNc1ccc(/C=C2\SC(=O)NC2=O)cc1)C(=O)O. The van der Waals surface area contributed by atoms with Crippen LogP contribution in [-0.2, 0) is 9.59 Å². The van der Waals surface area contributed by atoms with Crippen LogP contribution in [0.25, 0.3) is 6.08 Å². The van der Waals surface area contributed by atoms with Gasteiger partial charge in [0.05, 0.1) is 4.91 Å². The van der Waals surface area contributed by atoms with E-state index in [4.69, 9.17) is 10.8 Å². The van der Waals surface area contributed by atoms with Crippen LogP contribution in [0.15, 0.2) is 29.2 Å². The molecule has 2 rings (SSSR count). The van der Waals surface area contributed by atoms with Gasteiger partial charge in [0.15, 0.2) is 0 Å². The lowest BCUT2D eigenvalue weighted by molar-refractivity contribution is -0.138. The normalized spacial score (nSPS) is 17.7. The molecule has 1 fully saturated rings. The van der Waals surface area contributed by atoms with E-state index in [1.165, 1.54) is 0 Å². The molecule has 8 heteroatoms. The Balaban J connectivity index is 1.99. The fourth-order valence-electron chi connectivity index (χ4n) is 1.58. The first kappa shape index (κ1) is 15.1.